The molecule has 1 heterocycles. The van der Waals surface area contributed by atoms with Crippen molar-refractivity contribution in [3.05, 3.63) is 23.8 Å². The first-order valence-electron chi connectivity index (χ1n) is 6.22. The molecule has 2 atom stereocenters. The van der Waals surface area contributed by atoms with Crippen molar-refractivity contribution in [3.8, 4) is 0 Å². The molecule has 6 heteroatoms. The summed E-state index contributed by atoms with van der Waals surface area (Å²) in [6.07, 6.45) is -0.0668. The summed E-state index contributed by atoms with van der Waals surface area (Å²) < 4.78 is 27.9. The van der Waals surface area contributed by atoms with Crippen LogP contribution in [0.3, 0.4) is 0 Å². The van der Waals surface area contributed by atoms with Crippen molar-refractivity contribution in [2.24, 2.45) is 0 Å². The third-order valence-electron chi connectivity index (χ3n) is 3.29. The van der Waals surface area contributed by atoms with Crippen LogP contribution in [0.15, 0.2) is 12.1 Å². The Morgan fingerprint density at radius 2 is 1.95 bits per heavy atom. The number of rotatable bonds is 3. The third kappa shape index (κ3) is 2.96. The van der Waals surface area contributed by atoms with Gasteiger partial charge in [0.2, 0.25) is 0 Å². The Morgan fingerprint density at radius 1 is 1.37 bits per heavy atom. The number of halogens is 2. The van der Waals surface area contributed by atoms with Crippen LogP contribution in [0.25, 0.3) is 0 Å². The first kappa shape index (κ1) is 14.0. The fourth-order valence-corrected chi connectivity index (χ4v) is 2.62. The van der Waals surface area contributed by atoms with E-state index in [2.05, 4.69) is 0 Å². The number of hydrogen-bond donors (Lipinski definition) is 2. The van der Waals surface area contributed by atoms with Gasteiger partial charge in [0.1, 0.15) is 5.69 Å². The summed E-state index contributed by atoms with van der Waals surface area (Å²) in [5.41, 5.74) is 5.37. The molecule has 19 heavy (non-hydrogen) atoms. The summed E-state index contributed by atoms with van der Waals surface area (Å²) >= 11 is 0. The normalized spacial score (nSPS) is 23.4. The average Bonchev–Trinajstić information content (AvgIpc) is 2.56. The second-order valence-electron chi connectivity index (χ2n) is 5.29. The molecular weight excluding hydrogens is 252 g/mol. The number of hydrogen-bond acceptors (Lipinski definition) is 4. The van der Waals surface area contributed by atoms with Gasteiger partial charge in [0.05, 0.1) is 6.10 Å². The van der Waals surface area contributed by atoms with Crippen molar-refractivity contribution >= 4 is 11.4 Å². The summed E-state index contributed by atoms with van der Waals surface area (Å²) in [4.78, 5) is 3.53. The van der Waals surface area contributed by atoms with Crippen LogP contribution < -0.4 is 10.6 Å². The van der Waals surface area contributed by atoms with Gasteiger partial charge in [-0.15, -0.1) is 0 Å². The Kier molecular flexibility index (Phi) is 3.91. The van der Waals surface area contributed by atoms with Crippen LogP contribution in [-0.2, 0) is 0 Å². The van der Waals surface area contributed by atoms with Crippen LogP contribution in [0.1, 0.15) is 6.42 Å². The molecule has 0 spiro atoms. The van der Waals surface area contributed by atoms with Gasteiger partial charge in [-0.25, -0.2) is 8.78 Å². The van der Waals surface area contributed by atoms with Gasteiger partial charge in [-0.3, -0.25) is 0 Å². The largest absolute Gasteiger partial charge is 0.399 e. The van der Waals surface area contributed by atoms with Crippen molar-refractivity contribution in [1.82, 2.24) is 4.90 Å². The summed E-state index contributed by atoms with van der Waals surface area (Å²) in [6, 6.07) is 2.10. The molecule has 3 N–H and O–H groups in total. The second-order valence-corrected chi connectivity index (χ2v) is 5.29. The molecule has 0 radical (unpaired) electrons. The minimum atomic E-state index is -0.685. The summed E-state index contributed by atoms with van der Waals surface area (Å²) in [6.45, 7) is 0.858. The highest BCUT2D eigenvalue weighted by Gasteiger charge is 2.34. The molecule has 2 unspecified atom stereocenters. The molecule has 1 aromatic carbocycles. The van der Waals surface area contributed by atoms with Gasteiger partial charge in [-0.1, -0.05) is 0 Å². The molecule has 1 saturated heterocycles. The molecule has 0 saturated carbocycles. The highest BCUT2D eigenvalue weighted by atomic mass is 19.1. The van der Waals surface area contributed by atoms with E-state index in [0.717, 1.165) is 12.1 Å². The standard InChI is InChI=1S/C13H19F2N3O/c1-17(2)6-9-5-10(19)7-18(9)13-11(14)3-8(16)4-12(13)15/h3-4,9-10,19H,5-7,16H2,1-2H3. The predicted molar refractivity (Wildman–Crippen MR) is 71.1 cm³/mol. The Labute approximate surface area is 111 Å². The highest BCUT2D eigenvalue weighted by molar-refractivity contribution is 5.57. The zero-order valence-electron chi connectivity index (χ0n) is 11.1. The van der Waals surface area contributed by atoms with E-state index in [1.807, 2.05) is 19.0 Å². The van der Waals surface area contributed by atoms with Gasteiger partial charge >= 0.3 is 0 Å². The number of anilines is 2. The van der Waals surface area contributed by atoms with E-state index < -0.39 is 17.7 Å². The monoisotopic (exact) mass is 271 g/mol. The van der Waals surface area contributed by atoms with Crippen LogP contribution in [-0.4, -0.2) is 49.3 Å². The maximum Gasteiger partial charge on any atom is 0.151 e. The fraction of sp³-hybridized carbons (Fsp3) is 0.538. The molecule has 0 aromatic heterocycles. The second kappa shape index (κ2) is 5.30. The summed E-state index contributed by atoms with van der Waals surface area (Å²) in [7, 11) is 3.77. The Morgan fingerprint density at radius 3 is 2.47 bits per heavy atom. The van der Waals surface area contributed by atoms with Gasteiger partial charge in [0, 0.05) is 24.8 Å². The van der Waals surface area contributed by atoms with Crippen LogP contribution >= 0.6 is 0 Å². The topological polar surface area (TPSA) is 52.7 Å². The molecule has 0 aliphatic carbocycles. The summed E-state index contributed by atoms with van der Waals surface area (Å²) in [5.74, 6) is -1.37. The molecule has 1 aromatic rings. The molecule has 1 aliphatic rings. The lowest BCUT2D eigenvalue weighted by molar-refractivity contribution is 0.191. The van der Waals surface area contributed by atoms with Crippen LogP contribution in [0.5, 0.6) is 0 Å². The van der Waals surface area contributed by atoms with Crippen molar-refractivity contribution < 1.29 is 13.9 Å². The Balaban J connectivity index is 2.34. The van der Waals surface area contributed by atoms with Gasteiger partial charge in [0.25, 0.3) is 0 Å². The molecule has 2 rings (SSSR count). The van der Waals surface area contributed by atoms with E-state index >= 15 is 0 Å². The number of β-amino-alcohol motifs (C(OH)–C–C–N with tert-alkyl or cyclic N) is 1. The number of likely N-dealkylation sites (N-methyl/N-ethyl adjacent to an activating group) is 1. The van der Waals surface area contributed by atoms with E-state index in [1.54, 1.807) is 4.90 Å². The third-order valence-corrected chi connectivity index (χ3v) is 3.29. The number of aliphatic hydroxyl groups excluding tert-OH is 1. The minimum Gasteiger partial charge on any atom is -0.399 e. The van der Waals surface area contributed by atoms with Gasteiger partial charge in [0.15, 0.2) is 11.6 Å². The SMILES string of the molecule is CN(C)CC1CC(O)CN1c1c(F)cc(N)cc1F. The lowest BCUT2D eigenvalue weighted by Crippen LogP contribution is -2.38. The van der Waals surface area contributed by atoms with Crippen LogP contribution in [0.2, 0.25) is 0 Å². The van der Waals surface area contributed by atoms with Crippen molar-refractivity contribution in [2.45, 2.75) is 18.6 Å². The maximum atomic E-state index is 13.9. The molecular formula is C13H19F2N3O. The fourth-order valence-electron chi connectivity index (χ4n) is 2.62. The molecule has 1 aliphatic heterocycles. The molecule has 0 amide bonds. The lowest BCUT2D eigenvalue weighted by atomic mass is 10.1. The first-order valence-corrected chi connectivity index (χ1v) is 6.22. The number of nitrogens with zero attached hydrogens (tertiary/aromatic N) is 2. The lowest BCUT2D eigenvalue weighted by Gasteiger charge is -2.29. The van der Waals surface area contributed by atoms with E-state index in [-0.39, 0.29) is 24.0 Å². The summed E-state index contributed by atoms with van der Waals surface area (Å²) in [5, 5.41) is 9.75. The zero-order valence-corrected chi connectivity index (χ0v) is 11.1. The van der Waals surface area contributed by atoms with E-state index in [1.165, 1.54) is 0 Å². The predicted octanol–water partition coefficient (Wildman–Crippen LogP) is 1.05. The number of nitrogen functional groups attached to an aromatic ring is 1. The number of nitrogens with two attached hydrogens (primary N) is 1. The molecule has 106 valence electrons. The van der Waals surface area contributed by atoms with E-state index in [4.69, 9.17) is 5.73 Å². The molecule has 4 nitrogen and oxygen atoms in total. The van der Waals surface area contributed by atoms with Crippen molar-refractivity contribution in [1.29, 1.82) is 0 Å². The number of aliphatic hydroxyl groups is 1. The van der Waals surface area contributed by atoms with Crippen molar-refractivity contribution in [3.63, 3.8) is 0 Å². The van der Waals surface area contributed by atoms with Gasteiger partial charge < -0.3 is 20.6 Å². The van der Waals surface area contributed by atoms with E-state index in [9.17, 15) is 13.9 Å². The smallest absolute Gasteiger partial charge is 0.151 e. The van der Waals surface area contributed by atoms with Gasteiger partial charge in [-0.2, -0.15) is 0 Å². The van der Waals surface area contributed by atoms with Crippen molar-refractivity contribution in [2.75, 3.05) is 37.8 Å². The quantitative estimate of drug-likeness (QED) is 0.807. The van der Waals surface area contributed by atoms with Crippen LogP contribution in [0, 0.1) is 11.6 Å². The van der Waals surface area contributed by atoms with E-state index in [0.29, 0.717) is 13.0 Å². The van der Waals surface area contributed by atoms with Gasteiger partial charge in [-0.05, 0) is 32.6 Å². The highest BCUT2D eigenvalue weighted by Crippen LogP contribution is 2.32. The Hall–Kier alpha value is -1.40. The molecule has 1 fully saturated rings. The zero-order chi connectivity index (χ0) is 14.2. The first-order chi connectivity index (χ1) is 8.88. The van der Waals surface area contributed by atoms with Crippen LogP contribution in [0.4, 0.5) is 20.2 Å². The number of benzene rings is 1. The Bertz CT molecular complexity index is 444. The average molecular weight is 271 g/mol. The molecule has 0 bridgehead atoms. The maximum absolute atomic E-state index is 13.9. The minimum absolute atomic E-state index is 0.0580.